The lowest BCUT2D eigenvalue weighted by Crippen LogP contribution is -2.52. The molecule has 2 aromatic carbocycles. The fourth-order valence-electron chi connectivity index (χ4n) is 2.85. The molecule has 4 rings (SSSR count). The van der Waals surface area contributed by atoms with Crippen LogP contribution in [0.4, 0.5) is 0 Å². The maximum atomic E-state index is 12.8. The van der Waals surface area contributed by atoms with E-state index in [-0.39, 0.29) is 11.3 Å². The van der Waals surface area contributed by atoms with Crippen molar-refractivity contribution >= 4 is 33.5 Å². The number of ether oxygens (including phenoxy) is 1. The van der Waals surface area contributed by atoms with Crippen molar-refractivity contribution in [2.75, 3.05) is 0 Å². The molecule has 0 aromatic heterocycles. The van der Waals surface area contributed by atoms with Crippen LogP contribution in [-0.4, -0.2) is 22.2 Å². The second-order valence-electron chi connectivity index (χ2n) is 5.72. The number of nitrogens with zero attached hydrogens (tertiary/aromatic N) is 1. The Morgan fingerprint density at radius 3 is 2.20 bits per heavy atom. The molecule has 0 saturated carbocycles. The van der Waals surface area contributed by atoms with Crippen LogP contribution in [0.15, 0.2) is 71.8 Å². The van der Waals surface area contributed by atoms with E-state index in [1.54, 1.807) is 16.2 Å². The molecule has 4 nitrogen and oxygen atoms in total. The molecule has 0 spiro atoms. The van der Waals surface area contributed by atoms with Crippen LogP contribution >= 0.6 is 21.6 Å². The van der Waals surface area contributed by atoms with Crippen molar-refractivity contribution in [2.45, 2.75) is 17.9 Å². The molecule has 0 radical (unpaired) electrons. The molecule has 0 N–H and O–H groups in total. The number of carbonyl (C=O) groups excluding carboxylic acids is 2. The topological polar surface area (TPSA) is 46.6 Å². The number of rotatable bonds is 4. The molecule has 1 saturated heterocycles. The van der Waals surface area contributed by atoms with E-state index in [4.69, 9.17) is 4.74 Å². The minimum Gasteiger partial charge on any atom is -0.448 e. The number of carbonyl (C=O) groups is 2. The van der Waals surface area contributed by atoms with Crippen LogP contribution in [0.3, 0.4) is 0 Å². The Morgan fingerprint density at radius 2 is 1.64 bits per heavy atom. The highest BCUT2D eigenvalue weighted by Gasteiger charge is 2.44. The molecule has 2 aliphatic heterocycles. The Bertz CT molecular complexity index is 784. The Labute approximate surface area is 153 Å². The standard InChI is InChI=1S/C19H15NO3S2/c21-16-11-17-20(16)15(12-24-25-17)19(22)23-18(13-7-3-1-4-8-13)14-9-5-2-6-10-14/h1-10,12,17-18H,11H2/t17-/m1/s1. The van der Waals surface area contributed by atoms with E-state index >= 15 is 0 Å². The van der Waals surface area contributed by atoms with Gasteiger partial charge in [-0.15, -0.1) is 0 Å². The molecular weight excluding hydrogens is 354 g/mol. The van der Waals surface area contributed by atoms with Gasteiger partial charge in [-0.2, -0.15) is 0 Å². The van der Waals surface area contributed by atoms with Crippen molar-refractivity contribution in [3.8, 4) is 0 Å². The highest BCUT2D eigenvalue weighted by atomic mass is 33.1. The lowest BCUT2D eigenvalue weighted by molar-refractivity contribution is -0.151. The van der Waals surface area contributed by atoms with Gasteiger partial charge in [0.05, 0.1) is 6.42 Å². The second kappa shape index (κ2) is 6.98. The lowest BCUT2D eigenvalue weighted by Gasteiger charge is -2.42. The first-order valence-electron chi connectivity index (χ1n) is 7.89. The Balaban J connectivity index is 1.62. The van der Waals surface area contributed by atoms with E-state index < -0.39 is 12.1 Å². The van der Waals surface area contributed by atoms with Crippen molar-refractivity contribution < 1.29 is 14.3 Å². The minimum atomic E-state index is -0.509. The Hall–Kier alpha value is -2.18. The Kier molecular flexibility index (Phi) is 4.55. The van der Waals surface area contributed by atoms with Crippen LogP contribution < -0.4 is 0 Å². The van der Waals surface area contributed by atoms with E-state index in [2.05, 4.69) is 0 Å². The first-order chi connectivity index (χ1) is 12.2. The number of benzene rings is 2. The summed E-state index contributed by atoms with van der Waals surface area (Å²) in [6.07, 6.45) is -0.0338. The van der Waals surface area contributed by atoms with Crippen LogP contribution in [0.5, 0.6) is 0 Å². The molecule has 0 unspecified atom stereocenters. The molecule has 0 aliphatic carbocycles. The summed E-state index contributed by atoms with van der Waals surface area (Å²) in [4.78, 5) is 26.2. The fourth-order valence-corrected chi connectivity index (χ4v) is 5.15. The maximum absolute atomic E-state index is 12.8. The summed E-state index contributed by atoms with van der Waals surface area (Å²) in [6.45, 7) is 0. The highest BCUT2D eigenvalue weighted by Crippen LogP contribution is 2.46. The van der Waals surface area contributed by atoms with Crippen LogP contribution in [0.1, 0.15) is 23.7 Å². The van der Waals surface area contributed by atoms with Crippen molar-refractivity contribution in [1.29, 1.82) is 0 Å². The van der Waals surface area contributed by atoms with Crippen LogP contribution in [0.2, 0.25) is 0 Å². The molecule has 2 aliphatic rings. The van der Waals surface area contributed by atoms with Crippen molar-refractivity contribution in [3.05, 3.63) is 82.9 Å². The first kappa shape index (κ1) is 16.3. The zero-order chi connectivity index (χ0) is 17.2. The van der Waals surface area contributed by atoms with Gasteiger partial charge in [-0.3, -0.25) is 9.69 Å². The van der Waals surface area contributed by atoms with Gasteiger partial charge in [-0.25, -0.2) is 4.79 Å². The van der Waals surface area contributed by atoms with Crippen LogP contribution in [-0.2, 0) is 14.3 Å². The third-order valence-corrected chi connectivity index (χ3v) is 6.45. The third kappa shape index (κ3) is 3.19. The fraction of sp³-hybridized carbons (Fsp3) is 0.158. The largest absolute Gasteiger partial charge is 0.448 e. The summed E-state index contributed by atoms with van der Waals surface area (Å²) < 4.78 is 5.84. The van der Waals surface area contributed by atoms with Gasteiger partial charge in [0, 0.05) is 5.41 Å². The minimum absolute atomic E-state index is 0.0306. The second-order valence-corrected chi connectivity index (χ2v) is 8.04. The molecule has 25 heavy (non-hydrogen) atoms. The zero-order valence-corrected chi connectivity index (χ0v) is 14.8. The SMILES string of the molecule is O=C(OC(c1ccccc1)c1ccccc1)C1=CSS[C@@H]2CC(=O)N12. The van der Waals surface area contributed by atoms with Gasteiger partial charge in [0.15, 0.2) is 6.10 Å². The lowest BCUT2D eigenvalue weighted by atomic mass is 10.0. The molecule has 2 aromatic rings. The van der Waals surface area contributed by atoms with E-state index in [9.17, 15) is 9.59 Å². The zero-order valence-electron chi connectivity index (χ0n) is 13.2. The summed E-state index contributed by atoms with van der Waals surface area (Å²) in [5, 5.41) is 1.74. The molecule has 2 heterocycles. The predicted octanol–water partition coefficient (Wildman–Crippen LogP) is 4.11. The predicted molar refractivity (Wildman–Crippen MR) is 99.3 cm³/mol. The summed E-state index contributed by atoms with van der Waals surface area (Å²) in [5.74, 6) is -0.500. The van der Waals surface area contributed by atoms with Gasteiger partial charge in [-0.1, -0.05) is 82.3 Å². The van der Waals surface area contributed by atoms with E-state index in [1.807, 2.05) is 60.7 Å². The van der Waals surface area contributed by atoms with Gasteiger partial charge in [0.1, 0.15) is 11.1 Å². The normalized spacial score (nSPS) is 19.1. The van der Waals surface area contributed by atoms with Crippen molar-refractivity contribution in [1.82, 2.24) is 4.90 Å². The summed E-state index contributed by atoms with van der Waals surface area (Å²) in [7, 11) is 3.06. The van der Waals surface area contributed by atoms with Gasteiger partial charge in [-0.05, 0) is 11.1 Å². The van der Waals surface area contributed by atoms with E-state index in [1.165, 1.54) is 15.7 Å². The molecular formula is C19H15NO3S2. The number of fused-ring (bicyclic) bond motifs is 1. The van der Waals surface area contributed by atoms with E-state index in [0.717, 1.165) is 11.1 Å². The number of amides is 1. The molecule has 126 valence electrons. The maximum Gasteiger partial charge on any atom is 0.356 e. The van der Waals surface area contributed by atoms with Crippen molar-refractivity contribution in [3.63, 3.8) is 0 Å². The van der Waals surface area contributed by atoms with Crippen LogP contribution in [0.25, 0.3) is 0 Å². The Morgan fingerprint density at radius 1 is 1.04 bits per heavy atom. The number of hydrogen-bond donors (Lipinski definition) is 0. The average molecular weight is 369 g/mol. The highest BCUT2D eigenvalue weighted by molar-refractivity contribution is 8.78. The van der Waals surface area contributed by atoms with Gasteiger partial charge < -0.3 is 4.74 Å². The number of esters is 1. The van der Waals surface area contributed by atoms with Gasteiger partial charge in [0.2, 0.25) is 5.91 Å². The molecule has 1 fully saturated rings. The monoisotopic (exact) mass is 369 g/mol. The number of hydrogen-bond acceptors (Lipinski definition) is 5. The summed E-state index contributed by atoms with van der Waals surface area (Å²) >= 11 is 0. The molecule has 6 heteroatoms. The summed E-state index contributed by atoms with van der Waals surface area (Å²) in [5.41, 5.74) is 2.13. The quantitative estimate of drug-likeness (QED) is 0.461. The molecule has 0 bridgehead atoms. The third-order valence-electron chi connectivity index (χ3n) is 4.13. The van der Waals surface area contributed by atoms with Gasteiger partial charge >= 0.3 is 5.97 Å². The summed E-state index contributed by atoms with van der Waals surface area (Å²) in [6, 6.07) is 19.2. The number of β-lactam (4-membered cyclic amide) rings is 1. The smallest absolute Gasteiger partial charge is 0.356 e. The van der Waals surface area contributed by atoms with Gasteiger partial charge in [0.25, 0.3) is 0 Å². The first-order valence-corrected chi connectivity index (χ1v) is 10.2. The van der Waals surface area contributed by atoms with Crippen LogP contribution in [0, 0.1) is 0 Å². The molecule has 1 atom stereocenters. The van der Waals surface area contributed by atoms with E-state index in [0.29, 0.717) is 12.1 Å². The average Bonchev–Trinajstić information content (AvgIpc) is 2.66. The molecule has 1 amide bonds. The van der Waals surface area contributed by atoms with Crippen molar-refractivity contribution in [2.24, 2.45) is 0 Å².